The van der Waals surface area contributed by atoms with Gasteiger partial charge in [0.2, 0.25) is 0 Å². The van der Waals surface area contributed by atoms with E-state index in [0.29, 0.717) is 0 Å². The maximum atomic E-state index is 13.7. The van der Waals surface area contributed by atoms with Gasteiger partial charge in [0.15, 0.2) is 0 Å². The molecule has 0 radical (unpaired) electrons. The number of rotatable bonds is 2. The number of thiazole rings is 1. The van der Waals surface area contributed by atoms with Gasteiger partial charge >= 0.3 is 12.1 Å². The van der Waals surface area contributed by atoms with Gasteiger partial charge in [-0.15, -0.1) is 11.3 Å². The van der Waals surface area contributed by atoms with Crippen molar-refractivity contribution in [1.82, 2.24) is 15.0 Å². The molecule has 0 unspecified atom stereocenters. The highest BCUT2D eigenvalue weighted by atomic mass is 32.1. The van der Waals surface area contributed by atoms with Crippen LogP contribution in [0.15, 0.2) is 24.0 Å². The summed E-state index contributed by atoms with van der Waals surface area (Å²) in [5.74, 6) is -5.02. The van der Waals surface area contributed by atoms with E-state index in [1.54, 1.807) is 0 Å². The Kier molecular flexibility index (Phi) is 3.33. The molecule has 4 nitrogen and oxygen atoms in total. The van der Waals surface area contributed by atoms with Crippen LogP contribution in [-0.4, -0.2) is 21.1 Å². The molecular formula is C13H5F5N4S. The van der Waals surface area contributed by atoms with Crippen LogP contribution in [0, 0.1) is 11.3 Å². The molecule has 0 spiro atoms. The largest absolute Gasteiger partial charge is 0.459 e. The number of aromatic nitrogens is 3. The highest BCUT2D eigenvalue weighted by Crippen LogP contribution is 2.49. The van der Waals surface area contributed by atoms with Crippen LogP contribution in [0.3, 0.4) is 0 Å². The molecule has 1 N–H and O–H groups in total. The van der Waals surface area contributed by atoms with Crippen molar-refractivity contribution in [1.29, 1.82) is 5.26 Å². The second-order valence-electron chi connectivity index (χ2n) is 4.54. The molecule has 0 bridgehead atoms. The van der Waals surface area contributed by atoms with Gasteiger partial charge < -0.3 is 4.98 Å². The number of nitrogens with one attached hydrogen (secondary N) is 1. The molecule has 3 heterocycles. The first-order chi connectivity index (χ1) is 10.8. The van der Waals surface area contributed by atoms with Gasteiger partial charge in [0.1, 0.15) is 16.6 Å². The number of H-pyrrole nitrogens is 1. The SMILES string of the molecule is N#Cc1cnc2[nH]cc(-c3ncsc3C(F)(F)C(F)(F)F)c2c1. The number of fused-ring (bicyclic) bond motifs is 1. The zero-order chi connectivity index (χ0) is 16.8. The van der Waals surface area contributed by atoms with Gasteiger partial charge in [-0.25, -0.2) is 9.97 Å². The first-order valence-electron chi connectivity index (χ1n) is 6.02. The average molecular weight is 344 g/mol. The molecule has 0 saturated carbocycles. The molecule has 0 aliphatic carbocycles. The van der Waals surface area contributed by atoms with Gasteiger partial charge in [-0.1, -0.05) is 0 Å². The smallest absolute Gasteiger partial charge is 0.345 e. The lowest BCUT2D eigenvalue weighted by Crippen LogP contribution is -2.33. The molecule has 0 aliphatic rings. The van der Waals surface area contributed by atoms with Crippen molar-refractivity contribution in [2.45, 2.75) is 12.1 Å². The van der Waals surface area contributed by atoms with Crippen molar-refractivity contribution in [3.05, 3.63) is 34.4 Å². The number of pyridine rings is 1. The van der Waals surface area contributed by atoms with E-state index in [1.165, 1.54) is 18.5 Å². The molecule has 3 aromatic rings. The lowest BCUT2D eigenvalue weighted by molar-refractivity contribution is -0.287. The highest BCUT2D eigenvalue weighted by molar-refractivity contribution is 7.10. The Balaban J connectivity index is 2.23. The number of nitriles is 1. The van der Waals surface area contributed by atoms with Crippen molar-refractivity contribution < 1.29 is 22.0 Å². The van der Waals surface area contributed by atoms with E-state index in [9.17, 15) is 22.0 Å². The van der Waals surface area contributed by atoms with E-state index in [1.807, 2.05) is 6.07 Å². The maximum Gasteiger partial charge on any atom is 0.459 e. The van der Waals surface area contributed by atoms with Gasteiger partial charge in [0, 0.05) is 23.3 Å². The van der Waals surface area contributed by atoms with Crippen molar-refractivity contribution in [3.63, 3.8) is 0 Å². The minimum atomic E-state index is -5.73. The Bertz CT molecular complexity index is 918. The molecule has 118 valence electrons. The van der Waals surface area contributed by atoms with Crippen LogP contribution in [0.25, 0.3) is 22.3 Å². The summed E-state index contributed by atoms with van der Waals surface area (Å²) in [5.41, 5.74) is 0.876. The number of alkyl halides is 5. The van der Waals surface area contributed by atoms with Crippen LogP contribution in [0.4, 0.5) is 22.0 Å². The fraction of sp³-hybridized carbons (Fsp3) is 0.154. The second-order valence-corrected chi connectivity index (χ2v) is 5.39. The molecule has 10 heteroatoms. The normalized spacial score (nSPS) is 12.5. The summed E-state index contributed by atoms with van der Waals surface area (Å²) in [5, 5.41) is 9.11. The summed E-state index contributed by atoms with van der Waals surface area (Å²) < 4.78 is 65.2. The minimum absolute atomic E-state index is 0.0322. The first kappa shape index (κ1) is 15.4. The quantitative estimate of drug-likeness (QED) is 0.708. The van der Waals surface area contributed by atoms with Crippen LogP contribution in [0.2, 0.25) is 0 Å². The summed E-state index contributed by atoms with van der Waals surface area (Å²) in [6.07, 6.45) is -3.23. The van der Waals surface area contributed by atoms with E-state index in [2.05, 4.69) is 15.0 Å². The summed E-state index contributed by atoms with van der Waals surface area (Å²) in [4.78, 5) is 9.03. The van der Waals surface area contributed by atoms with E-state index >= 15 is 0 Å². The van der Waals surface area contributed by atoms with Crippen molar-refractivity contribution in [2.75, 3.05) is 0 Å². The molecule has 3 rings (SSSR count). The van der Waals surface area contributed by atoms with Crippen molar-refractivity contribution in [3.8, 4) is 17.3 Å². The summed E-state index contributed by atoms with van der Waals surface area (Å²) >= 11 is 0.220. The number of hydrogen-bond donors (Lipinski definition) is 1. The molecule has 0 amide bonds. The Morgan fingerprint density at radius 3 is 2.57 bits per heavy atom. The molecule has 3 aromatic heterocycles. The molecular weight excluding hydrogens is 339 g/mol. The van der Waals surface area contributed by atoms with Gasteiger partial charge in [0.05, 0.1) is 16.8 Å². The number of halogens is 5. The Labute approximate surface area is 129 Å². The fourth-order valence-corrected chi connectivity index (χ4v) is 2.85. The van der Waals surface area contributed by atoms with Crippen LogP contribution >= 0.6 is 11.3 Å². The van der Waals surface area contributed by atoms with Crippen molar-refractivity contribution >= 4 is 22.4 Å². The standard InChI is InChI=1S/C13H5F5N4S/c14-12(15,13(16,17)18)10-9(22-5-23-10)8-4-21-11-7(8)1-6(2-19)3-20-11/h1,3-5H,(H,20,21). The summed E-state index contributed by atoms with van der Waals surface area (Å²) in [6.45, 7) is 0. The monoisotopic (exact) mass is 344 g/mol. The predicted octanol–water partition coefficient (Wildman–Crippen LogP) is 4.21. The number of aromatic amines is 1. The Morgan fingerprint density at radius 2 is 1.91 bits per heavy atom. The third kappa shape index (κ3) is 2.33. The molecule has 0 fully saturated rings. The average Bonchev–Trinajstić information content (AvgIpc) is 3.11. The van der Waals surface area contributed by atoms with E-state index in [-0.39, 0.29) is 33.5 Å². The van der Waals surface area contributed by atoms with E-state index in [0.717, 1.165) is 5.51 Å². The zero-order valence-corrected chi connectivity index (χ0v) is 11.8. The molecule has 0 saturated heterocycles. The van der Waals surface area contributed by atoms with Crippen LogP contribution in [0.1, 0.15) is 10.4 Å². The van der Waals surface area contributed by atoms with Crippen LogP contribution < -0.4 is 0 Å². The van der Waals surface area contributed by atoms with E-state index in [4.69, 9.17) is 5.26 Å². The van der Waals surface area contributed by atoms with Crippen molar-refractivity contribution in [2.24, 2.45) is 0 Å². The second kappa shape index (κ2) is 4.99. The molecule has 0 atom stereocenters. The fourth-order valence-electron chi connectivity index (χ4n) is 2.05. The molecule has 23 heavy (non-hydrogen) atoms. The predicted molar refractivity (Wildman–Crippen MR) is 71.9 cm³/mol. The van der Waals surface area contributed by atoms with Gasteiger partial charge in [0.25, 0.3) is 0 Å². The number of hydrogen-bond acceptors (Lipinski definition) is 4. The summed E-state index contributed by atoms with van der Waals surface area (Å²) in [6, 6.07) is 3.18. The minimum Gasteiger partial charge on any atom is -0.345 e. The highest BCUT2D eigenvalue weighted by Gasteiger charge is 2.60. The van der Waals surface area contributed by atoms with Gasteiger partial charge in [-0.3, -0.25) is 0 Å². The lowest BCUT2D eigenvalue weighted by Gasteiger charge is -2.18. The lowest BCUT2D eigenvalue weighted by atomic mass is 10.1. The maximum absolute atomic E-state index is 13.7. The first-order valence-corrected chi connectivity index (χ1v) is 6.89. The topological polar surface area (TPSA) is 65.4 Å². The van der Waals surface area contributed by atoms with E-state index < -0.39 is 22.7 Å². The zero-order valence-electron chi connectivity index (χ0n) is 10.9. The Morgan fingerprint density at radius 1 is 1.17 bits per heavy atom. The molecule has 0 aliphatic heterocycles. The number of nitrogens with zero attached hydrogens (tertiary/aromatic N) is 3. The Hall–Kier alpha value is -2.54. The third-order valence-electron chi connectivity index (χ3n) is 3.12. The molecule has 0 aromatic carbocycles. The van der Waals surface area contributed by atoms with Crippen LogP contribution in [0.5, 0.6) is 0 Å². The third-order valence-corrected chi connectivity index (χ3v) is 4.02. The summed E-state index contributed by atoms with van der Waals surface area (Å²) in [7, 11) is 0. The van der Waals surface area contributed by atoms with Crippen LogP contribution in [-0.2, 0) is 5.92 Å². The van der Waals surface area contributed by atoms with Gasteiger partial charge in [-0.2, -0.15) is 27.2 Å². The van der Waals surface area contributed by atoms with Gasteiger partial charge in [-0.05, 0) is 6.07 Å².